The lowest BCUT2D eigenvalue weighted by Crippen LogP contribution is -2.16. The fraction of sp³-hybridized carbons (Fsp3) is 0.600. The third-order valence-corrected chi connectivity index (χ3v) is 6.86. The highest BCUT2D eigenvalue weighted by Gasteiger charge is 2.23. The Morgan fingerprint density at radius 3 is 1.53 bits per heavy atom. The van der Waals surface area contributed by atoms with E-state index in [1.165, 1.54) is 44.6 Å². The number of esters is 2. The smallest absolute Gasteiger partial charge is 0.339 e. The fourth-order valence-corrected chi connectivity index (χ4v) is 4.25. The van der Waals surface area contributed by atoms with E-state index in [0.717, 1.165) is 50.7 Å². The van der Waals surface area contributed by atoms with Crippen molar-refractivity contribution in [3.05, 3.63) is 53.6 Å². The maximum Gasteiger partial charge on any atom is 0.339 e. The van der Waals surface area contributed by atoms with E-state index >= 15 is 0 Å². The van der Waals surface area contributed by atoms with Crippen LogP contribution in [-0.2, 0) is 19.6 Å². The highest BCUT2D eigenvalue weighted by molar-refractivity contribution is 7.85. The second-order valence-corrected chi connectivity index (χ2v) is 10.8. The molecule has 0 spiro atoms. The van der Waals surface area contributed by atoms with E-state index in [4.69, 9.17) is 9.47 Å². The van der Waals surface area contributed by atoms with E-state index in [9.17, 15) is 22.6 Å². The van der Waals surface area contributed by atoms with Crippen LogP contribution in [0.25, 0.3) is 0 Å². The molecular weight excluding hydrogens is 504 g/mol. The first-order valence-corrected chi connectivity index (χ1v) is 15.5. The van der Waals surface area contributed by atoms with Crippen LogP contribution in [0.2, 0.25) is 0 Å². The van der Waals surface area contributed by atoms with Crippen LogP contribution in [0.4, 0.5) is 0 Å². The van der Waals surface area contributed by atoms with Crippen molar-refractivity contribution in [1.82, 2.24) is 0 Å². The Labute approximate surface area is 229 Å². The SMILES string of the molecule is CCCCC/C=C/CCCCOC(=O)c1ccc(S(=O)(=O)O)cc1C(=O)OCCCC/C=C/CCCCC. The number of carbonyl (C=O) groups excluding carboxylic acids is 2. The number of benzene rings is 1. The van der Waals surface area contributed by atoms with Crippen LogP contribution in [0, 0.1) is 0 Å². The molecule has 0 saturated carbocycles. The van der Waals surface area contributed by atoms with E-state index in [1.54, 1.807) is 0 Å². The van der Waals surface area contributed by atoms with Gasteiger partial charge in [0, 0.05) is 0 Å². The number of unbranched alkanes of at least 4 members (excludes halogenated alkanes) is 10. The van der Waals surface area contributed by atoms with Crippen molar-refractivity contribution in [2.75, 3.05) is 13.2 Å². The average Bonchev–Trinajstić information content (AvgIpc) is 2.89. The molecule has 0 unspecified atom stereocenters. The lowest BCUT2D eigenvalue weighted by Gasteiger charge is -2.11. The molecule has 0 aliphatic rings. The van der Waals surface area contributed by atoms with Gasteiger partial charge in [-0.1, -0.05) is 63.8 Å². The van der Waals surface area contributed by atoms with Gasteiger partial charge in [0.2, 0.25) is 0 Å². The van der Waals surface area contributed by atoms with Gasteiger partial charge >= 0.3 is 11.9 Å². The predicted octanol–water partition coefficient (Wildman–Crippen LogP) is 7.86. The molecule has 0 bridgehead atoms. The minimum absolute atomic E-state index is 0.0896. The van der Waals surface area contributed by atoms with E-state index < -0.39 is 27.0 Å². The van der Waals surface area contributed by atoms with Crippen LogP contribution < -0.4 is 0 Å². The van der Waals surface area contributed by atoms with Gasteiger partial charge in [-0.25, -0.2) is 9.59 Å². The summed E-state index contributed by atoms with van der Waals surface area (Å²) >= 11 is 0. The van der Waals surface area contributed by atoms with Gasteiger partial charge < -0.3 is 9.47 Å². The number of hydrogen-bond donors (Lipinski definition) is 1. The molecule has 0 radical (unpaired) electrons. The number of hydrogen-bond acceptors (Lipinski definition) is 6. The van der Waals surface area contributed by atoms with Gasteiger partial charge in [0.15, 0.2) is 0 Å². The molecule has 0 aromatic heterocycles. The largest absolute Gasteiger partial charge is 0.462 e. The topological polar surface area (TPSA) is 107 Å². The Bertz CT molecular complexity index is 980. The standard InChI is InChI=1S/C30H46O7S/c1-3-5-7-9-11-13-15-17-19-23-36-29(31)27-22-21-26(38(33,34)35)25-28(27)30(32)37-24-20-18-16-14-12-10-8-6-4-2/h11-14,21-22,25H,3-10,15-20,23-24H2,1-2H3,(H,33,34,35)/b13-11+,14-12+. The Balaban J connectivity index is 2.57. The molecule has 214 valence electrons. The number of ether oxygens (including phenoxy) is 2. The highest BCUT2D eigenvalue weighted by atomic mass is 32.2. The van der Waals surface area contributed by atoms with Crippen LogP contribution >= 0.6 is 0 Å². The fourth-order valence-electron chi connectivity index (χ4n) is 3.74. The van der Waals surface area contributed by atoms with E-state index in [2.05, 4.69) is 38.2 Å². The van der Waals surface area contributed by atoms with Crippen LogP contribution in [0.15, 0.2) is 47.4 Å². The lowest BCUT2D eigenvalue weighted by molar-refractivity contribution is 0.0451. The third kappa shape index (κ3) is 15.1. The van der Waals surface area contributed by atoms with Gasteiger partial charge in [0.1, 0.15) is 0 Å². The number of carbonyl (C=O) groups is 2. The van der Waals surface area contributed by atoms with Gasteiger partial charge in [-0.15, -0.1) is 0 Å². The molecule has 1 rings (SSSR count). The van der Waals surface area contributed by atoms with Gasteiger partial charge in [0.25, 0.3) is 10.1 Å². The molecule has 0 amide bonds. The zero-order chi connectivity index (χ0) is 28.1. The van der Waals surface area contributed by atoms with E-state index in [-0.39, 0.29) is 24.3 Å². The summed E-state index contributed by atoms with van der Waals surface area (Å²) < 4.78 is 43.2. The minimum Gasteiger partial charge on any atom is -0.462 e. The van der Waals surface area contributed by atoms with Gasteiger partial charge in [-0.3, -0.25) is 4.55 Å². The Kier molecular flexibility index (Phi) is 18.1. The first-order chi connectivity index (χ1) is 18.3. The summed E-state index contributed by atoms with van der Waals surface area (Å²) in [5, 5.41) is 0. The van der Waals surface area contributed by atoms with Crippen LogP contribution in [0.3, 0.4) is 0 Å². The Morgan fingerprint density at radius 2 is 1.11 bits per heavy atom. The predicted molar refractivity (Wildman–Crippen MR) is 151 cm³/mol. The number of allylic oxidation sites excluding steroid dienone is 4. The van der Waals surface area contributed by atoms with Gasteiger partial charge in [0.05, 0.1) is 29.2 Å². The van der Waals surface area contributed by atoms with E-state index in [0.29, 0.717) is 12.8 Å². The molecule has 7 nitrogen and oxygen atoms in total. The molecule has 0 aliphatic carbocycles. The summed E-state index contributed by atoms with van der Waals surface area (Å²) in [6.45, 7) is 4.67. The minimum atomic E-state index is -4.56. The summed E-state index contributed by atoms with van der Waals surface area (Å²) in [6, 6.07) is 3.19. The summed E-state index contributed by atoms with van der Waals surface area (Å²) in [7, 11) is -4.56. The van der Waals surface area contributed by atoms with Crippen molar-refractivity contribution in [2.24, 2.45) is 0 Å². The molecule has 0 saturated heterocycles. The molecular formula is C30H46O7S. The second kappa shape index (κ2) is 20.5. The monoisotopic (exact) mass is 550 g/mol. The van der Waals surface area contributed by atoms with Crippen molar-refractivity contribution in [3.8, 4) is 0 Å². The quantitative estimate of drug-likeness (QED) is 0.0718. The van der Waals surface area contributed by atoms with Crippen LogP contribution in [0.5, 0.6) is 0 Å². The molecule has 38 heavy (non-hydrogen) atoms. The number of rotatable bonds is 21. The Hall–Kier alpha value is -2.45. The molecule has 0 fully saturated rings. The maximum atomic E-state index is 12.7. The molecule has 8 heteroatoms. The lowest BCUT2D eigenvalue weighted by atomic mass is 10.1. The summed E-state index contributed by atoms with van der Waals surface area (Å²) in [5.41, 5.74) is -0.329. The van der Waals surface area contributed by atoms with Crippen LogP contribution in [-0.4, -0.2) is 38.1 Å². The Morgan fingerprint density at radius 1 is 0.684 bits per heavy atom. The van der Waals surface area contributed by atoms with Gasteiger partial charge in [-0.2, -0.15) is 8.42 Å². The van der Waals surface area contributed by atoms with Crippen molar-refractivity contribution < 1.29 is 32.0 Å². The average molecular weight is 551 g/mol. The van der Waals surface area contributed by atoms with Crippen molar-refractivity contribution in [1.29, 1.82) is 0 Å². The van der Waals surface area contributed by atoms with Crippen LogP contribution in [0.1, 0.15) is 124 Å². The normalized spacial score (nSPS) is 11.9. The van der Waals surface area contributed by atoms with Gasteiger partial charge in [-0.05, 0) is 82.4 Å². The zero-order valence-corrected chi connectivity index (χ0v) is 24.0. The van der Waals surface area contributed by atoms with E-state index in [1.807, 2.05) is 0 Å². The van der Waals surface area contributed by atoms with Crippen molar-refractivity contribution in [2.45, 2.75) is 109 Å². The molecule has 0 heterocycles. The summed E-state index contributed by atoms with van der Waals surface area (Å²) in [5.74, 6) is -1.56. The molecule has 1 N–H and O–H groups in total. The van der Waals surface area contributed by atoms with Crippen molar-refractivity contribution >= 4 is 22.1 Å². The van der Waals surface area contributed by atoms with Crippen molar-refractivity contribution in [3.63, 3.8) is 0 Å². The molecule has 0 aliphatic heterocycles. The molecule has 0 atom stereocenters. The highest BCUT2D eigenvalue weighted by Crippen LogP contribution is 2.19. The maximum absolute atomic E-state index is 12.7. The third-order valence-electron chi connectivity index (χ3n) is 6.01. The summed E-state index contributed by atoms with van der Waals surface area (Å²) in [4.78, 5) is 24.9. The zero-order valence-electron chi connectivity index (χ0n) is 23.2. The second-order valence-electron chi connectivity index (χ2n) is 9.38. The molecule has 1 aromatic carbocycles. The first kappa shape index (κ1) is 33.6. The molecule has 1 aromatic rings. The first-order valence-electron chi connectivity index (χ1n) is 14.1. The summed E-state index contributed by atoms with van der Waals surface area (Å²) in [6.07, 6.45) is 22.8.